The van der Waals surface area contributed by atoms with Crippen molar-refractivity contribution in [2.45, 2.75) is 28.7 Å². The van der Waals surface area contributed by atoms with Crippen LogP contribution in [0.15, 0.2) is 47.5 Å². The molecule has 7 nitrogen and oxygen atoms in total. The minimum atomic E-state index is -4.51. The molecule has 1 saturated heterocycles. The Morgan fingerprint density at radius 1 is 1.10 bits per heavy atom. The molecule has 0 atom stereocenters. The van der Waals surface area contributed by atoms with Crippen LogP contribution in [0.25, 0.3) is 11.3 Å². The zero-order chi connectivity index (χ0) is 21.3. The van der Waals surface area contributed by atoms with Crippen molar-refractivity contribution >= 4 is 28.2 Å². The van der Waals surface area contributed by atoms with Gasteiger partial charge >= 0.3 is 6.18 Å². The zero-order valence-electron chi connectivity index (χ0n) is 15.3. The van der Waals surface area contributed by atoms with Crippen LogP contribution in [0.1, 0.15) is 18.4 Å². The molecule has 0 bridgehead atoms. The van der Waals surface area contributed by atoms with Crippen molar-refractivity contribution in [1.82, 2.24) is 10.5 Å². The predicted molar refractivity (Wildman–Crippen MR) is 102 cm³/mol. The first-order valence-corrected chi connectivity index (χ1v) is 10.0. The number of hydroxylamine groups is 1. The summed E-state index contributed by atoms with van der Waals surface area (Å²) in [5.74, 6) is -1.03. The van der Waals surface area contributed by atoms with Crippen LogP contribution in [0.5, 0.6) is 0 Å². The lowest BCUT2D eigenvalue weighted by molar-refractivity contribution is -0.138. The molecule has 1 aliphatic rings. The van der Waals surface area contributed by atoms with E-state index in [1.807, 2.05) is 0 Å². The maximum Gasteiger partial charge on any atom is 0.417 e. The summed E-state index contributed by atoms with van der Waals surface area (Å²) in [5, 5.41) is 9.04. The van der Waals surface area contributed by atoms with E-state index in [9.17, 15) is 26.4 Å². The van der Waals surface area contributed by atoms with Crippen molar-refractivity contribution in [3.63, 3.8) is 0 Å². The van der Waals surface area contributed by atoms with E-state index in [0.717, 1.165) is 6.07 Å². The average molecular weight is 467 g/mol. The van der Waals surface area contributed by atoms with Gasteiger partial charge < -0.3 is 4.74 Å². The van der Waals surface area contributed by atoms with Gasteiger partial charge in [-0.25, -0.2) is 13.9 Å². The number of nitrogens with one attached hydrogen (secondary N) is 1. The predicted octanol–water partition coefficient (Wildman–Crippen LogP) is 3.02. The minimum Gasteiger partial charge on any atom is -0.381 e. The molecule has 2 heterocycles. The van der Waals surface area contributed by atoms with Crippen LogP contribution in [-0.2, 0) is 25.5 Å². The Labute approximate surface area is 176 Å². The van der Waals surface area contributed by atoms with Gasteiger partial charge in [0, 0.05) is 25.0 Å². The number of pyridine rings is 1. The summed E-state index contributed by atoms with van der Waals surface area (Å²) in [6.07, 6.45) is -4.05. The topological polar surface area (TPSA) is 106 Å². The second kappa shape index (κ2) is 8.88. The number of benzene rings is 1. The lowest BCUT2D eigenvalue weighted by Crippen LogP contribution is -2.54. The molecule has 2 aromatic rings. The zero-order valence-corrected chi connectivity index (χ0v) is 17.0. The van der Waals surface area contributed by atoms with Crippen LogP contribution >= 0.6 is 12.4 Å². The number of nitrogens with zero attached hydrogens (tertiary/aromatic N) is 1. The summed E-state index contributed by atoms with van der Waals surface area (Å²) in [6, 6.07) is 7.37. The van der Waals surface area contributed by atoms with Crippen molar-refractivity contribution < 1.29 is 36.3 Å². The Morgan fingerprint density at radius 2 is 1.70 bits per heavy atom. The number of rotatable bonds is 4. The molecule has 1 amide bonds. The van der Waals surface area contributed by atoms with Gasteiger partial charge in [0.05, 0.1) is 16.2 Å². The monoisotopic (exact) mass is 466 g/mol. The van der Waals surface area contributed by atoms with Gasteiger partial charge in [-0.1, -0.05) is 12.1 Å². The van der Waals surface area contributed by atoms with Gasteiger partial charge in [-0.3, -0.25) is 15.0 Å². The Hall–Kier alpha value is -2.21. The van der Waals surface area contributed by atoms with Crippen molar-refractivity contribution in [2.24, 2.45) is 0 Å². The summed E-state index contributed by atoms with van der Waals surface area (Å²) < 4.78 is 67.5. The summed E-state index contributed by atoms with van der Waals surface area (Å²) >= 11 is 0. The SMILES string of the molecule is Cl.O=C(NO)C1(S(=O)(=O)c2ccc(-c3ccc(C(F)(F)F)cn3)cc2)CCOCC1. The van der Waals surface area contributed by atoms with Crippen molar-refractivity contribution in [3.05, 3.63) is 48.2 Å². The molecule has 0 saturated carbocycles. The highest BCUT2D eigenvalue weighted by Crippen LogP contribution is 2.36. The van der Waals surface area contributed by atoms with Gasteiger partial charge in [0.1, 0.15) is 0 Å². The molecule has 0 spiro atoms. The van der Waals surface area contributed by atoms with Gasteiger partial charge in [-0.15, -0.1) is 12.4 Å². The normalized spacial score (nSPS) is 16.4. The van der Waals surface area contributed by atoms with Gasteiger partial charge in [-0.2, -0.15) is 13.2 Å². The number of amides is 1. The molecule has 164 valence electrons. The van der Waals surface area contributed by atoms with E-state index in [1.165, 1.54) is 35.8 Å². The van der Waals surface area contributed by atoms with Gasteiger partial charge in [-0.05, 0) is 37.1 Å². The van der Waals surface area contributed by atoms with Crippen LogP contribution in [0.2, 0.25) is 0 Å². The molecule has 1 fully saturated rings. The molecule has 1 aromatic heterocycles. The third-order valence-electron chi connectivity index (χ3n) is 4.88. The van der Waals surface area contributed by atoms with Crippen LogP contribution < -0.4 is 5.48 Å². The van der Waals surface area contributed by atoms with Gasteiger partial charge in [0.25, 0.3) is 5.91 Å². The standard InChI is InChI=1S/C18H17F3N2O5S.ClH/c19-18(20,21)13-3-6-15(22-11-13)12-1-4-14(5-2-12)29(26,27)17(16(24)23-25)7-9-28-10-8-17;/h1-6,11,25H,7-10H2,(H,23,24);1H. The highest BCUT2D eigenvalue weighted by Gasteiger charge is 2.52. The van der Waals surface area contributed by atoms with Gasteiger partial charge in [0.15, 0.2) is 14.6 Å². The van der Waals surface area contributed by atoms with E-state index in [2.05, 4.69) is 4.98 Å². The lowest BCUT2D eigenvalue weighted by Gasteiger charge is -2.34. The number of carbonyl (C=O) groups is 1. The molecule has 2 N–H and O–H groups in total. The van der Waals surface area contributed by atoms with E-state index < -0.39 is 32.2 Å². The van der Waals surface area contributed by atoms with Crippen LogP contribution in [-0.4, -0.2) is 42.5 Å². The summed E-state index contributed by atoms with van der Waals surface area (Å²) in [6.45, 7) is 0.0837. The van der Waals surface area contributed by atoms with E-state index in [4.69, 9.17) is 9.94 Å². The number of alkyl halides is 3. The van der Waals surface area contributed by atoms with Crippen molar-refractivity contribution in [2.75, 3.05) is 13.2 Å². The molecule has 0 aliphatic carbocycles. The average Bonchev–Trinajstić information content (AvgIpc) is 2.73. The number of halogens is 4. The van der Waals surface area contributed by atoms with E-state index in [0.29, 0.717) is 11.8 Å². The second-order valence-electron chi connectivity index (χ2n) is 6.51. The van der Waals surface area contributed by atoms with Crippen LogP contribution in [0.4, 0.5) is 13.2 Å². The highest BCUT2D eigenvalue weighted by atomic mass is 35.5. The fourth-order valence-electron chi connectivity index (χ4n) is 3.18. The minimum absolute atomic E-state index is 0. The second-order valence-corrected chi connectivity index (χ2v) is 8.77. The summed E-state index contributed by atoms with van der Waals surface area (Å²) in [5.41, 5.74) is 1.18. The maximum atomic E-state index is 13.1. The van der Waals surface area contributed by atoms with E-state index >= 15 is 0 Å². The number of hydrogen-bond donors (Lipinski definition) is 2. The summed E-state index contributed by atoms with van der Waals surface area (Å²) in [7, 11) is -4.18. The molecule has 0 radical (unpaired) electrons. The molecule has 0 unspecified atom stereocenters. The Morgan fingerprint density at radius 3 is 2.17 bits per heavy atom. The quantitative estimate of drug-likeness (QED) is 0.530. The first kappa shape index (κ1) is 24.1. The number of hydrogen-bond acceptors (Lipinski definition) is 6. The van der Waals surface area contributed by atoms with Crippen molar-refractivity contribution in [1.29, 1.82) is 0 Å². The molecule has 12 heteroatoms. The fourth-order valence-corrected chi connectivity index (χ4v) is 5.12. The van der Waals surface area contributed by atoms with Crippen LogP contribution in [0, 0.1) is 0 Å². The molecule has 1 aromatic carbocycles. The smallest absolute Gasteiger partial charge is 0.381 e. The fraction of sp³-hybridized carbons (Fsp3) is 0.333. The Balaban J connectivity index is 0.00000320. The first-order chi connectivity index (χ1) is 13.6. The van der Waals surface area contributed by atoms with E-state index in [1.54, 1.807) is 0 Å². The molecule has 3 rings (SSSR count). The summed E-state index contributed by atoms with van der Waals surface area (Å²) in [4.78, 5) is 15.8. The first-order valence-electron chi connectivity index (χ1n) is 8.52. The largest absolute Gasteiger partial charge is 0.417 e. The van der Waals surface area contributed by atoms with Crippen molar-refractivity contribution in [3.8, 4) is 11.3 Å². The molecular formula is C18H18ClF3N2O5S. The Kier molecular flexibility index (Phi) is 7.12. The molecular weight excluding hydrogens is 449 g/mol. The Bertz CT molecular complexity index is 990. The third kappa shape index (κ3) is 4.29. The molecule has 1 aliphatic heterocycles. The number of ether oxygens (including phenoxy) is 1. The van der Waals surface area contributed by atoms with E-state index in [-0.39, 0.29) is 49.1 Å². The number of aromatic nitrogens is 1. The number of carbonyl (C=O) groups excluding carboxylic acids is 1. The van der Waals surface area contributed by atoms with Crippen LogP contribution in [0.3, 0.4) is 0 Å². The highest BCUT2D eigenvalue weighted by molar-refractivity contribution is 7.93. The third-order valence-corrected chi connectivity index (χ3v) is 7.40. The number of sulfone groups is 1. The maximum absolute atomic E-state index is 13.1. The van der Waals surface area contributed by atoms with Gasteiger partial charge in [0.2, 0.25) is 0 Å². The molecule has 30 heavy (non-hydrogen) atoms. The lowest BCUT2D eigenvalue weighted by atomic mass is 9.98.